The Labute approximate surface area is 91.4 Å². The van der Waals surface area contributed by atoms with E-state index in [-0.39, 0.29) is 0 Å². The lowest BCUT2D eigenvalue weighted by Crippen LogP contribution is -1.94. The Kier molecular flexibility index (Phi) is 1.76. The Morgan fingerprint density at radius 3 is 3.00 bits per heavy atom. The molecule has 0 spiro atoms. The molecule has 1 heterocycles. The zero-order valence-electron chi connectivity index (χ0n) is 7.92. The van der Waals surface area contributed by atoms with Crippen LogP contribution in [0.15, 0.2) is 23.4 Å². The number of oxime groups is 1. The molecule has 15 heavy (non-hydrogen) atoms. The Balaban J connectivity index is 2.35. The van der Waals surface area contributed by atoms with Crippen LogP contribution in [-0.4, -0.2) is 15.9 Å². The standard InChI is InChI=1S/C11H9ClN2O/c12-6-1-3-9-8(5-6)7-2-4-10(14-15)11(7)13-9/h1,3,5,13,15H,2,4H2/b14-10-. The maximum absolute atomic E-state index is 8.83. The van der Waals surface area contributed by atoms with Gasteiger partial charge < -0.3 is 10.2 Å². The first kappa shape index (κ1) is 8.80. The van der Waals surface area contributed by atoms with Gasteiger partial charge in [-0.3, -0.25) is 0 Å². The second-order valence-electron chi connectivity index (χ2n) is 3.72. The van der Waals surface area contributed by atoms with Crippen LogP contribution in [0.3, 0.4) is 0 Å². The van der Waals surface area contributed by atoms with Crippen LogP contribution in [-0.2, 0) is 6.42 Å². The largest absolute Gasteiger partial charge is 0.411 e. The maximum atomic E-state index is 8.83. The van der Waals surface area contributed by atoms with Gasteiger partial charge in [0, 0.05) is 15.9 Å². The minimum Gasteiger partial charge on any atom is -0.411 e. The van der Waals surface area contributed by atoms with Crippen molar-refractivity contribution in [3.05, 3.63) is 34.5 Å². The normalized spacial score (nSPS) is 17.5. The van der Waals surface area contributed by atoms with Crippen molar-refractivity contribution in [3.8, 4) is 0 Å². The van der Waals surface area contributed by atoms with E-state index in [1.54, 1.807) is 0 Å². The predicted molar refractivity (Wildman–Crippen MR) is 60.0 cm³/mol. The van der Waals surface area contributed by atoms with E-state index in [0.717, 1.165) is 40.2 Å². The Bertz CT molecular complexity index is 571. The van der Waals surface area contributed by atoms with Gasteiger partial charge in [-0.2, -0.15) is 0 Å². The van der Waals surface area contributed by atoms with Crippen LogP contribution in [0.25, 0.3) is 10.9 Å². The van der Waals surface area contributed by atoms with Crippen molar-refractivity contribution >= 4 is 28.2 Å². The molecule has 1 aromatic carbocycles. The molecule has 0 radical (unpaired) electrons. The molecule has 0 bridgehead atoms. The summed E-state index contributed by atoms with van der Waals surface area (Å²) in [5.41, 5.74) is 3.94. The van der Waals surface area contributed by atoms with E-state index in [2.05, 4.69) is 10.1 Å². The van der Waals surface area contributed by atoms with Crippen LogP contribution in [0.2, 0.25) is 5.02 Å². The number of aromatic nitrogens is 1. The van der Waals surface area contributed by atoms with Crippen molar-refractivity contribution in [2.45, 2.75) is 12.8 Å². The van der Waals surface area contributed by atoms with Gasteiger partial charge in [-0.1, -0.05) is 16.8 Å². The number of rotatable bonds is 0. The third-order valence-electron chi connectivity index (χ3n) is 2.89. The number of nitrogens with zero attached hydrogens (tertiary/aromatic N) is 1. The van der Waals surface area contributed by atoms with Gasteiger partial charge in [0.05, 0.1) is 5.69 Å². The zero-order chi connectivity index (χ0) is 10.4. The Hall–Kier alpha value is -1.48. The third-order valence-corrected chi connectivity index (χ3v) is 3.12. The van der Waals surface area contributed by atoms with Crippen molar-refractivity contribution in [3.63, 3.8) is 0 Å². The van der Waals surface area contributed by atoms with Crippen LogP contribution in [0, 0.1) is 0 Å². The summed E-state index contributed by atoms with van der Waals surface area (Å²) in [5.74, 6) is 0. The highest BCUT2D eigenvalue weighted by Crippen LogP contribution is 2.31. The van der Waals surface area contributed by atoms with E-state index >= 15 is 0 Å². The van der Waals surface area contributed by atoms with Gasteiger partial charge in [0.1, 0.15) is 5.71 Å². The first-order valence-electron chi connectivity index (χ1n) is 4.81. The van der Waals surface area contributed by atoms with E-state index in [1.165, 1.54) is 5.56 Å². The number of H-pyrrole nitrogens is 1. The molecule has 0 fully saturated rings. The summed E-state index contributed by atoms with van der Waals surface area (Å²) in [6.45, 7) is 0. The van der Waals surface area contributed by atoms with E-state index in [9.17, 15) is 0 Å². The number of halogens is 1. The highest BCUT2D eigenvalue weighted by molar-refractivity contribution is 6.31. The first-order valence-corrected chi connectivity index (χ1v) is 5.19. The fourth-order valence-electron chi connectivity index (χ4n) is 2.19. The van der Waals surface area contributed by atoms with Gasteiger partial charge in [0.15, 0.2) is 0 Å². The fourth-order valence-corrected chi connectivity index (χ4v) is 2.37. The lowest BCUT2D eigenvalue weighted by molar-refractivity contribution is 0.318. The van der Waals surface area contributed by atoms with E-state index in [1.807, 2.05) is 18.2 Å². The molecule has 0 atom stereocenters. The van der Waals surface area contributed by atoms with Gasteiger partial charge in [-0.05, 0) is 36.6 Å². The van der Waals surface area contributed by atoms with Crippen LogP contribution in [0.4, 0.5) is 0 Å². The smallest absolute Gasteiger partial charge is 0.104 e. The number of aryl methyl sites for hydroxylation is 1. The molecule has 76 valence electrons. The van der Waals surface area contributed by atoms with Crippen molar-refractivity contribution < 1.29 is 5.21 Å². The summed E-state index contributed by atoms with van der Waals surface area (Å²) < 4.78 is 0. The molecule has 3 nitrogen and oxygen atoms in total. The van der Waals surface area contributed by atoms with Gasteiger partial charge in [-0.25, -0.2) is 0 Å². The Morgan fingerprint density at radius 1 is 1.33 bits per heavy atom. The number of nitrogens with one attached hydrogen (secondary N) is 1. The number of benzene rings is 1. The molecule has 1 aliphatic rings. The lowest BCUT2D eigenvalue weighted by atomic mass is 10.1. The van der Waals surface area contributed by atoms with Crippen molar-refractivity contribution in [2.75, 3.05) is 0 Å². The zero-order valence-corrected chi connectivity index (χ0v) is 8.67. The molecule has 0 saturated carbocycles. The molecule has 0 unspecified atom stereocenters. The maximum Gasteiger partial charge on any atom is 0.104 e. The lowest BCUT2D eigenvalue weighted by Gasteiger charge is -1.94. The molecule has 2 aromatic rings. The average molecular weight is 221 g/mol. The quantitative estimate of drug-likeness (QED) is 0.521. The first-order chi connectivity index (χ1) is 7.29. The molecular weight excluding hydrogens is 212 g/mol. The van der Waals surface area contributed by atoms with E-state index in [0.29, 0.717) is 0 Å². The molecule has 0 saturated heterocycles. The highest BCUT2D eigenvalue weighted by atomic mass is 35.5. The Morgan fingerprint density at radius 2 is 2.20 bits per heavy atom. The van der Waals surface area contributed by atoms with E-state index in [4.69, 9.17) is 16.8 Å². The summed E-state index contributed by atoms with van der Waals surface area (Å²) in [7, 11) is 0. The van der Waals surface area contributed by atoms with Crippen LogP contribution >= 0.6 is 11.6 Å². The third kappa shape index (κ3) is 1.16. The molecule has 4 heteroatoms. The number of fused-ring (bicyclic) bond motifs is 3. The van der Waals surface area contributed by atoms with E-state index < -0.39 is 0 Å². The topological polar surface area (TPSA) is 48.4 Å². The van der Waals surface area contributed by atoms with Crippen LogP contribution in [0.5, 0.6) is 0 Å². The molecule has 3 rings (SSSR count). The second-order valence-corrected chi connectivity index (χ2v) is 4.15. The van der Waals surface area contributed by atoms with Gasteiger partial charge in [0.25, 0.3) is 0 Å². The fraction of sp³-hybridized carbons (Fsp3) is 0.182. The van der Waals surface area contributed by atoms with Crippen LogP contribution in [0.1, 0.15) is 17.7 Å². The number of aromatic amines is 1. The number of hydrogen-bond acceptors (Lipinski definition) is 2. The average Bonchev–Trinajstić information content (AvgIpc) is 2.76. The SMILES string of the molecule is O/N=C1/CCc2c1[nH]c1ccc(Cl)cc21. The molecule has 1 aliphatic carbocycles. The second kappa shape index (κ2) is 3.00. The summed E-state index contributed by atoms with van der Waals surface area (Å²) in [4.78, 5) is 3.25. The minimum atomic E-state index is 0.734. The number of hydrogen-bond donors (Lipinski definition) is 2. The minimum absolute atomic E-state index is 0.734. The summed E-state index contributed by atoms with van der Waals surface area (Å²) in [6.07, 6.45) is 1.70. The van der Waals surface area contributed by atoms with Crippen molar-refractivity contribution in [1.82, 2.24) is 4.98 Å². The molecule has 2 N–H and O–H groups in total. The van der Waals surface area contributed by atoms with Crippen molar-refractivity contribution in [2.24, 2.45) is 5.16 Å². The molecule has 1 aromatic heterocycles. The summed E-state index contributed by atoms with van der Waals surface area (Å²) in [5, 5.41) is 14.0. The van der Waals surface area contributed by atoms with Gasteiger partial charge >= 0.3 is 0 Å². The highest BCUT2D eigenvalue weighted by Gasteiger charge is 2.23. The van der Waals surface area contributed by atoms with Gasteiger partial charge in [-0.15, -0.1) is 0 Å². The molecule has 0 amide bonds. The van der Waals surface area contributed by atoms with Crippen LogP contribution < -0.4 is 0 Å². The molecule has 0 aliphatic heterocycles. The van der Waals surface area contributed by atoms with Crippen molar-refractivity contribution in [1.29, 1.82) is 0 Å². The monoisotopic (exact) mass is 220 g/mol. The summed E-state index contributed by atoms with van der Waals surface area (Å²) >= 11 is 5.95. The summed E-state index contributed by atoms with van der Waals surface area (Å²) in [6, 6.07) is 5.75. The predicted octanol–water partition coefficient (Wildman–Crippen LogP) is 2.95. The molecular formula is C11H9ClN2O. The van der Waals surface area contributed by atoms with Gasteiger partial charge in [0.2, 0.25) is 0 Å².